The van der Waals surface area contributed by atoms with Gasteiger partial charge in [-0.3, -0.25) is 9.59 Å². The van der Waals surface area contributed by atoms with E-state index >= 15 is 0 Å². The van der Waals surface area contributed by atoms with Crippen molar-refractivity contribution in [2.24, 2.45) is 0 Å². The Bertz CT molecular complexity index is 527. The second kappa shape index (κ2) is 9.12. The summed E-state index contributed by atoms with van der Waals surface area (Å²) < 4.78 is 0.843. The molecule has 0 aromatic heterocycles. The van der Waals surface area contributed by atoms with Gasteiger partial charge in [-0.2, -0.15) is 0 Å². The lowest BCUT2D eigenvalue weighted by Crippen LogP contribution is -2.45. The zero-order chi connectivity index (χ0) is 15.2. The molecule has 7 heteroatoms. The predicted molar refractivity (Wildman–Crippen MR) is 92.4 cm³/mol. The number of likely N-dealkylation sites (N-methyl/N-ethyl adjacent to an activating group) is 1. The van der Waals surface area contributed by atoms with E-state index in [1.54, 1.807) is 18.2 Å². The topological polar surface area (TPSA) is 61.4 Å². The summed E-state index contributed by atoms with van der Waals surface area (Å²) in [7, 11) is 1.88. The van der Waals surface area contributed by atoms with Crippen LogP contribution in [0.25, 0.3) is 0 Å². The Labute approximate surface area is 145 Å². The third-order valence-electron chi connectivity index (χ3n) is 3.62. The minimum Gasteiger partial charge on any atom is -0.343 e. The molecular weight excluding hydrogens is 370 g/mol. The lowest BCUT2D eigenvalue weighted by molar-refractivity contribution is -0.130. The molecule has 1 aromatic carbocycles. The van der Waals surface area contributed by atoms with Gasteiger partial charge in [-0.25, -0.2) is 0 Å². The van der Waals surface area contributed by atoms with Crippen LogP contribution in [0.3, 0.4) is 0 Å². The molecule has 0 aliphatic carbocycles. The zero-order valence-corrected chi connectivity index (χ0v) is 14.9. The number of nitrogens with one attached hydrogen (secondary N) is 2. The molecule has 0 saturated carbocycles. The van der Waals surface area contributed by atoms with Crippen molar-refractivity contribution in [3.8, 4) is 0 Å². The molecule has 1 aliphatic heterocycles. The SMILES string of the molecule is CNCC1CCCN1C(=O)CNC(=O)c1cccc(Br)c1.Cl. The number of hydrogen-bond donors (Lipinski definition) is 2. The molecule has 1 aliphatic rings. The maximum absolute atomic E-state index is 12.2. The summed E-state index contributed by atoms with van der Waals surface area (Å²) in [5, 5.41) is 5.80. The van der Waals surface area contributed by atoms with E-state index in [0.29, 0.717) is 5.56 Å². The van der Waals surface area contributed by atoms with Gasteiger partial charge in [0.15, 0.2) is 0 Å². The van der Waals surface area contributed by atoms with Crippen LogP contribution in [-0.2, 0) is 4.79 Å². The molecule has 1 unspecified atom stereocenters. The molecule has 1 atom stereocenters. The molecule has 1 saturated heterocycles. The van der Waals surface area contributed by atoms with Gasteiger partial charge in [0.05, 0.1) is 6.54 Å². The highest BCUT2D eigenvalue weighted by atomic mass is 79.9. The first-order chi connectivity index (χ1) is 10.1. The van der Waals surface area contributed by atoms with Crippen molar-refractivity contribution in [1.29, 1.82) is 0 Å². The smallest absolute Gasteiger partial charge is 0.251 e. The van der Waals surface area contributed by atoms with Crippen LogP contribution >= 0.6 is 28.3 Å². The highest BCUT2D eigenvalue weighted by molar-refractivity contribution is 9.10. The van der Waals surface area contributed by atoms with Crippen molar-refractivity contribution in [1.82, 2.24) is 15.5 Å². The van der Waals surface area contributed by atoms with E-state index < -0.39 is 0 Å². The number of amides is 2. The Morgan fingerprint density at radius 1 is 1.41 bits per heavy atom. The first kappa shape index (κ1) is 18.9. The fourth-order valence-corrected chi connectivity index (χ4v) is 3.00. The molecular formula is C15H21BrClN3O2. The minimum absolute atomic E-state index is 0. The van der Waals surface area contributed by atoms with E-state index in [-0.39, 0.29) is 36.8 Å². The molecule has 22 heavy (non-hydrogen) atoms. The summed E-state index contributed by atoms with van der Waals surface area (Å²) >= 11 is 3.33. The summed E-state index contributed by atoms with van der Waals surface area (Å²) in [6.07, 6.45) is 2.05. The Kier molecular flexibility index (Phi) is 7.85. The van der Waals surface area contributed by atoms with E-state index in [0.717, 1.165) is 30.4 Å². The number of halogens is 2. The van der Waals surface area contributed by atoms with Crippen LogP contribution in [0.1, 0.15) is 23.2 Å². The van der Waals surface area contributed by atoms with Gasteiger partial charge in [-0.05, 0) is 38.1 Å². The quantitative estimate of drug-likeness (QED) is 0.806. The summed E-state index contributed by atoms with van der Waals surface area (Å²) in [5.74, 6) is -0.245. The van der Waals surface area contributed by atoms with Crippen LogP contribution in [0.15, 0.2) is 28.7 Å². The van der Waals surface area contributed by atoms with Crippen LogP contribution in [0.4, 0.5) is 0 Å². The number of nitrogens with zero attached hydrogens (tertiary/aromatic N) is 1. The average molecular weight is 391 g/mol. The van der Waals surface area contributed by atoms with Gasteiger partial charge in [0.2, 0.25) is 5.91 Å². The molecule has 1 aromatic rings. The van der Waals surface area contributed by atoms with Gasteiger partial charge in [0, 0.05) is 29.2 Å². The van der Waals surface area contributed by atoms with Gasteiger partial charge < -0.3 is 15.5 Å². The Morgan fingerprint density at radius 3 is 2.86 bits per heavy atom. The number of likely N-dealkylation sites (tertiary alicyclic amines) is 1. The van der Waals surface area contributed by atoms with Crippen LogP contribution < -0.4 is 10.6 Å². The fourth-order valence-electron chi connectivity index (χ4n) is 2.60. The second-order valence-electron chi connectivity index (χ2n) is 5.13. The van der Waals surface area contributed by atoms with Crippen LogP contribution in [0.5, 0.6) is 0 Å². The molecule has 2 amide bonds. The molecule has 122 valence electrons. The largest absolute Gasteiger partial charge is 0.343 e. The van der Waals surface area contributed by atoms with E-state index in [1.165, 1.54) is 0 Å². The summed E-state index contributed by atoms with van der Waals surface area (Å²) in [4.78, 5) is 26.1. The van der Waals surface area contributed by atoms with Gasteiger partial charge in [0.1, 0.15) is 0 Å². The van der Waals surface area contributed by atoms with Crippen LogP contribution in [-0.4, -0.2) is 49.4 Å². The van der Waals surface area contributed by atoms with E-state index in [9.17, 15) is 9.59 Å². The number of benzene rings is 1. The highest BCUT2D eigenvalue weighted by Crippen LogP contribution is 2.16. The van der Waals surface area contributed by atoms with Crippen molar-refractivity contribution in [3.63, 3.8) is 0 Å². The zero-order valence-electron chi connectivity index (χ0n) is 12.5. The van der Waals surface area contributed by atoms with Gasteiger partial charge >= 0.3 is 0 Å². The van der Waals surface area contributed by atoms with Gasteiger partial charge in [0.25, 0.3) is 5.91 Å². The van der Waals surface area contributed by atoms with Gasteiger partial charge in [-0.1, -0.05) is 22.0 Å². The lowest BCUT2D eigenvalue weighted by atomic mass is 10.2. The van der Waals surface area contributed by atoms with E-state index in [4.69, 9.17) is 0 Å². The molecule has 2 N–H and O–H groups in total. The molecule has 1 fully saturated rings. The van der Waals surface area contributed by atoms with Crippen molar-refractivity contribution < 1.29 is 9.59 Å². The maximum atomic E-state index is 12.2. The second-order valence-corrected chi connectivity index (χ2v) is 6.05. The Hall–Kier alpha value is -1.11. The molecule has 0 bridgehead atoms. The van der Waals surface area contributed by atoms with E-state index in [1.807, 2.05) is 18.0 Å². The Morgan fingerprint density at radius 2 is 2.18 bits per heavy atom. The number of rotatable bonds is 5. The third-order valence-corrected chi connectivity index (χ3v) is 4.12. The van der Waals surface area contributed by atoms with Crippen LogP contribution in [0, 0.1) is 0 Å². The summed E-state index contributed by atoms with van der Waals surface area (Å²) in [5.41, 5.74) is 0.547. The molecule has 1 heterocycles. The first-order valence-corrected chi connectivity index (χ1v) is 7.89. The van der Waals surface area contributed by atoms with Crippen molar-refractivity contribution in [3.05, 3.63) is 34.3 Å². The maximum Gasteiger partial charge on any atom is 0.251 e. The number of carbonyl (C=O) groups is 2. The third kappa shape index (κ3) is 4.97. The van der Waals surface area contributed by atoms with Crippen molar-refractivity contribution >= 4 is 40.2 Å². The Balaban J connectivity index is 0.00000242. The number of hydrogen-bond acceptors (Lipinski definition) is 3. The minimum atomic E-state index is -0.228. The predicted octanol–water partition coefficient (Wildman–Crippen LogP) is 1.81. The average Bonchev–Trinajstić information content (AvgIpc) is 2.93. The monoisotopic (exact) mass is 389 g/mol. The highest BCUT2D eigenvalue weighted by Gasteiger charge is 2.27. The normalized spacial score (nSPS) is 17.0. The molecule has 0 radical (unpaired) electrons. The molecule has 5 nitrogen and oxygen atoms in total. The molecule has 2 rings (SSSR count). The number of carbonyl (C=O) groups excluding carboxylic acids is 2. The van der Waals surface area contributed by atoms with Gasteiger partial charge in [-0.15, -0.1) is 12.4 Å². The molecule has 0 spiro atoms. The van der Waals surface area contributed by atoms with Crippen molar-refractivity contribution in [2.75, 3.05) is 26.7 Å². The van der Waals surface area contributed by atoms with E-state index in [2.05, 4.69) is 26.6 Å². The first-order valence-electron chi connectivity index (χ1n) is 7.09. The van der Waals surface area contributed by atoms with Crippen LogP contribution in [0.2, 0.25) is 0 Å². The summed E-state index contributed by atoms with van der Waals surface area (Å²) in [6.45, 7) is 1.62. The lowest BCUT2D eigenvalue weighted by Gasteiger charge is -2.24. The summed E-state index contributed by atoms with van der Waals surface area (Å²) in [6, 6.07) is 7.35. The fraction of sp³-hybridized carbons (Fsp3) is 0.467. The standard InChI is InChI=1S/C15H20BrN3O2.ClH/c1-17-9-13-6-3-7-19(13)14(20)10-18-15(21)11-4-2-5-12(16)8-11;/h2,4-5,8,13,17H,3,6-7,9-10H2,1H3,(H,18,21);1H. The van der Waals surface area contributed by atoms with Crippen molar-refractivity contribution in [2.45, 2.75) is 18.9 Å².